The molecule has 0 aliphatic carbocycles. The Labute approximate surface area is 150 Å². The molecule has 0 unspecified atom stereocenters. The summed E-state index contributed by atoms with van der Waals surface area (Å²) in [5.41, 5.74) is 7.59. The van der Waals surface area contributed by atoms with Crippen molar-refractivity contribution >= 4 is 35.0 Å². The smallest absolute Gasteiger partial charge is 0.407 e. The normalized spacial score (nSPS) is 9.75. The number of benzene rings is 2. The Hall–Kier alpha value is -2.35. The second-order valence-corrected chi connectivity index (χ2v) is 5.63. The number of carbonyl (C=O) groups is 1. The van der Waals surface area contributed by atoms with Crippen molar-refractivity contribution < 1.29 is 9.53 Å². The monoisotopic (exact) mass is 362 g/mol. The Morgan fingerprint density at radius 1 is 1.12 bits per heavy atom. The molecule has 24 heavy (non-hydrogen) atoms. The van der Waals surface area contributed by atoms with Gasteiger partial charge in [-0.25, -0.2) is 4.79 Å². The van der Waals surface area contributed by atoms with Gasteiger partial charge in [-0.2, -0.15) is 0 Å². The average Bonchev–Trinajstić information content (AvgIpc) is 2.60. The van der Waals surface area contributed by atoms with Crippen molar-refractivity contribution in [3.05, 3.63) is 63.6 Å². The van der Waals surface area contributed by atoms with Gasteiger partial charge in [-0.1, -0.05) is 65.4 Å². The van der Waals surface area contributed by atoms with Crippen LogP contribution in [0.2, 0.25) is 10.0 Å². The zero-order valence-electron chi connectivity index (χ0n) is 12.8. The first kappa shape index (κ1) is 18.0. The fraction of sp³-hybridized carbons (Fsp3) is 0.167. The van der Waals surface area contributed by atoms with E-state index in [1.54, 1.807) is 12.1 Å². The Kier molecular flexibility index (Phi) is 6.80. The third-order valence-corrected chi connectivity index (χ3v) is 3.96. The summed E-state index contributed by atoms with van der Waals surface area (Å²) < 4.78 is 5.09. The molecule has 0 saturated carbocycles. The quantitative estimate of drug-likeness (QED) is 0.485. The summed E-state index contributed by atoms with van der Waals surface area (Å²) in [5, 5.41) is 3.26. The number of nitrogens with two attached hydrogens (primary N) is 1. The average molecular weight is 363 g/mol. The van der Waals surface area contributed by atoms with E-state index in [1.165, 1.54) is 0 Å². The predicted molar refractivity (Wildman–Crippen MR) is 97.0 cm³/mol. The highest BCUT2D eigenvalue weighted by atomic mass is 35.5. The molecule has 2 aromatic carbocycles. The summed E-state index contributed by atoms with van der Waals surface area (Å²) >= 11 is 12.0. The van der Waals surface area contributed by atoms with Gasteiger partial charge in [0.1, 0.15) is 6.61 Å². The molecule has 0 bridgehead atoms. The minimum atomic E-state index is -0.478. The minimum absolute atomic E-state index is 0.234. The highest BCUT2D eigenvalue weighted by Gasteiger charge is 2.05. The Morgan fingerprint density at radius 3 is 2.62 bits per heavy atom. The number of anilines is 1. The number of nitrogens with one attached hydrogen (secondary N) is 1. The second-order valence-electron chi connectivity index (χ2n) is 4.87. The summed E-state index contributed by atoms with van der Waals surface area (Å²) in [6.45, 7) is 0.610. The largest absolute Gasteiger partial charge is 0.445 e. The van der Waals surface area contributed by atoms with E-state index < -0.39 is 6.09 Å². The topological polar surface area (TPSA) is 64.3 Å². The van der Waals surface area contributed by atoms with Crippen molar-refractivity contribution in [1.82, 2.24) is 5.32 Å². The van der Waals surface area contributed by atoms with Crippen LogP contribution in [-0.2, 0) is 11.3 Å². The zero-order valence-corrected chi connectivity index (χ0v) is 14.3. The molecule has 0 aliphatic rings. The van der Waals surface area contributed by atoms with Crippen LogP contribution in [0, 0.1) is 11.8 Å². The van der Waals surface area contributed by atoms with E-state index in [0.29, 0.717) is 34.3 Å². The number of hydrogen-bond donors (Lipinski definition) is 2. The van der Waals surface area contributed by atoms with Crippen molar-refractivity contribution in [3.8, 4) is 11.8 Å². The second kappa shape index (κ2) is 9.07. The third-order valence-electron chi connectivity index (χ3n) is 3.07. The molecule has 0 aromatic heterocycles. The van der Waals surface area contributed by atoms with Gasteiger partial charge in [-0.05, 0) is 17.7 Å². The van der Waals surface area contributed by atoms with Crippen LogP contribution in [-0.4, -0.2) is 12.6 Å². The van der Waals surface area contributed by atoms with Gasteiger partial charge < -0.3 is 15.8 Å². The van der Waals surface area contributed by atoms with Gasteiger partial charge >= 0.3 is 6.09 Å². The molecule has 0 spiro atoms. The van der Waals surface area contributed by atoms with Crippen LogP contribution in [0.3, 0.4) is 0 Å². The van der Waals surface area contributed by atoms with Crippen molar-refractivity contribution in [2.24, 2.45) is 0 Å². The van der Waals surface area contributed by atoms with Crippen LogP contribution in [0.4, 0.5) is 10.5 Å². The Balaban J connectivity index is 1.73. The van der Waals surface area contributed by atoms with Gasteiger partial charge in [-0.15, -0.1) is 0 Å². The van der Waals surface area contributed by atoms with E-state index in [0.717, 1.165) is 5.56 Å². The molecule has 0 saturated heterocycles. The zero-order chi connectivity index (χ0) is 17.4. The van der Waals surface area contributed by atoms with Gasteiger partial charge in [-0.3, -0.25) is 0 Å². The predicted octanol–water partition coefficient (Wildman–Crippen LogP) is 4.24. The van der Waals surface area contributed by atoms with Crippen LogP contribution >= 0.6 is 23.2 Å². The lowest BCUT2D eigenvalue weighted by Gasteiger charge is -2.05. The number of alkyl carbamates (subject to hydrolysis) is 1. The lowest BCUT2D eigenvalue weighted by Crippen LogP contribution is -2.24. The van der Waals surface area contributed by atoms with E-state index in [-0.39, 0.29) is 6.61 Å². The van der Waals surface area contributed by atoms with Crippen LogP contribution in [0.5, 0.6) is 0 Å². The molecule has 3 N–H and O–H groups in total. The van der Waals surface area contributed by atoms with Crippen LogP contribution in [0.1, 0.15) is 17.5 Å². The molecule has 0 fully saturated rings. The summed E-state index contributed by atoms with van der Waals surface area (Å²) in [7, 11) is 0. The number of nitrogen functional groups attached to an aromatic ring is 1. The van der Waals surface area contributed by atoms with Gasteiger partial charge in [0.2, 0.25) is 0 Å². The molecule has 2 aromatic rings. The summed E-state index contributed by atoms with van der Waals surface area (Å²) in [4.78, 5) is 11.6. The maximum absolute atomic E-state index is 11.6. The first-order chi connectivity index (χ1) is 11.6. The number of carbonyl (C=O) groups excluding carboxylic acids is 1. The minimum Gasteiger partial charge on any atom is -0.445 e. The summed E-state index contributed by atoms with van der Waals surface area (Å²) in [6.07, 6.45) is -0.0205. The molecule has 1 amide bonds. The number of hydrogen-bond acceptors (Lipinski definition) is 3. The summed E-state index contributed by atoms with van der Waals surface area (Å²) in [6, 6.07) is 12.8. The third kappa shape index (κ3) is 5.38. The van der Waals surface area contributed by atoms with Gasteiger partial charge in [0.05, 0.1) is 15.7 Å². The van der Waals surface area contributed by atoms with E-state index >= 15 is 0 Å². The molecule has 6 heteroatoms. The molecular weight excluding hydrogens is 347 g/mol. The first-order valence-electron chi connectivity index (χ1n) is 7.25. The molecule has 0 atom stereocenters. The van der Waals surface area contributed by atoms with Crippen LogP contribution < -0.4 is 11.1 Å². The molecule has 0 aliphatic heterocycles. The van der Waals surface area contributed by atoms with Crippen molar-refractivity contribution in [2.45, 2.75) is 13.0 Å². The van der Waals surface area contributed by atoms with Gasteiger partial charge in [0, 0.05) is 18.5 Å². The number of amides is 1. The van der Waals surface area contributed by atoms with Crippen molar-refractivity contribution in [1.29, 1.82) is 0 Å². The molecule has 0 heterocycles. The van der Waals surface area contributed by atoms with Crippen molar-refractivity contribution in [2.75, 3.05) is 12.3 Å². The molecule has 124 valence electrons. The summed E-state index contributed by atoms with van der Waals surface area (Å²) in [5.74, 6) is 5.81. The Morgan fingerprint density at radius 2 is 1.88 bits per heavy atom. The SMILES string of the molecule is Nc1ccc(C#CCCNC(=O)OCc2ccccc2)c(Cl)c1Cl. The molecule has 0 radical (unpaired) electrons. The van der Waals surface area contributed by atoms with E-state index in [1.807, 2.05) is 30.3 Å². The molecule has 4 nitrogen and oxygen atoms in total. The van der Waals surface area contributed by atoms with Crippen LogP contribution in [0.25, 0.3) is 0 Å². The number of halogens is 2. The lowest BCUT2D eigenvalue weighted by atomic mass is 10.2. The van der Waals surface area contributed by atoms with E-state index in [9.17, 15) is 4.79 Å². The Bertz CT molecular complexity index is 768. The number of ether oxygens (including phenoxy) is 1. The molecule has 2 rings (SSSR count). The first-order valence-corrected chi connectivity index (χ1v) is 8.00. The van der Waals surface area contributed by atoms with Gasteiger partial charge in [0.15, 0.2) is 0 Å². The van der Waals surface area contributed by atoms with Gasteiger partial charge in [0.25, 0.3) is 0 Å². The molecular formula is C18H16Cl2N2O2. The van der Waals surface area contributed by atoms with Crippen LogP contribution in [0.15, 0.2) is 42.5 Å². The number of rotatable bonds is 4. The van der Waals surface area contributed by atoms with E-state index in [4.69, 9.17) is 33.7 Å². The van der Waals surface area contributed by atoms with Crippen molar-refractivity contribution in [3.63, 3.8) is 0 Å². The maximum Gasteiger partial charge on any atom is 0.407 e. The standard InChI is InChI=1S/C18H16Cl2N2O2/c19-16-14(9-10-15(21)17(16)20)8-4-5-11-22-18(23)24-12-13-6-2-1-3-7-13/h1-3,6-7,9-10H,5,11-12,21H2,(H,22,23). The fourth-order valence-electron chi connectivity index (χ4n) is 1.82. The highest BCUT2D eigenvalue weighted by molar-refractivity contribution is 6.44. The van der Waals surface area contributed by atoms with E-state index in [2.05, 4.69) is 17.2 Å². The fourth-order valence-corrected chi connectivity index (χ4v) is 2.20. The maximum atomic E-state index is 11.6. The highest BCUT2D eigenvalue weighted by Crippen LogP contribution is 2.30. The lowest BCUT2D eigenvalue weighted by molar-refractivity contribution is 0.140.